The smallest absolute Gasteiger partial charge is 0.428 e. The van der Waals surface area contributed by atoms with Gasteiger partial charge in [0, 0.05) is 0 Å². The molecule has 1 aliphatic heterocycles. The largest absolute Gasteiger partial charge is 0.441 e. The predicted octanol–water partition coefficient (Wildman–Crippen LogP) is 5.85. The van der Waals surface area contributed by atoms with Crippen molar-refractivity contribution in [3.05, 3.63) is 12.8 Å². The molecule has 0 N–H and O–H groups in total. The minimum Gasteiger partial charge on any atom is -0.428 e. The Balaban J connectivity index is 3.40. The van der Waals surface area contributed by atoms with Gasteiger partial charge in [-0.2, -0.15) is 0 Å². The van der Waals surface area contributed by atoms with Crippen LogP contribution in [0.1, 0.15) is 0 Å². The van der Waals surface area contributed by atoms with Gasteiger partial charge in [-0.25, -0.2) is 0 Å². The molecule has 0 aromatic heterocycles. The molecule has 0 radical (unpaired) electrons. The van der Waals surface area contributed by atoms with E-state index < -0.39 is 23.4 Å². The van der Waals surface area contributed by atoms with E-state index in [4.69, 9.17) is 0 Å². The van der Waals surface area contributed by atoms with Gasteiger partial charge in [-0.1, -0.05) is 6.58 Å². The highest BCUT2D eigenvalue weighted by Gasteiger charge is 2.40. The maximum atomic E-state index is 13.1. The van der Waals surface area contributed by atoms with Gasteiger partial charge in [0.15, 0.2) is 0 Å². The quantitative estimate of drug-likeness (QED) is 0.353. The van der Waals surface area contributed by atoms with Crippen LogP contribution in [-0.2, 0) is 4.52 Å². The summed E-state index contributed by atoms with van der Waals surface area (Å²) in [6, 6.07) is 0. The van der Waals surface area contributed by atoms with Crippen LogP contribution in [0.5, 0.6) is 0 Å². The van der Waals surface area contributed by atoms with Crippen LogP contribution in [0.3, 0.4) is 0 Å². The third kappa shape index (κ3) is 2.94. The van der Waals surface area contributed by atoms with Crippen molar-refractivity contribution >= 4 is 23.4 Å². The van der Waals surface area contributed by atoms with Gasteiger partial charge in [-0.05, 0) is 0 Å². The van der Waals surface area contributed by atoms with Gasteiger partial charge >= 0.3 is 23.4 Å². The predicted molar refractivity (Wildman–Crippen MR) is 44.9 cm³/mol. The summed E-state index contributed by atoms with van der Waals surface area (Å²) in [5.74, 6) is 0. The lowest BCUT2D eigenvalue weighted by molar-refractivity contribution is 0.484. The first-order valence-corrected chi connectivity index (χ1v) is 7.33. The first kappa shape index (κ1) is 12.0. The molecule has 1 rings (SSSR count). The van der Waals surface area contributed by atoms with Crippen molar-refractivity contribution in [1.29, 1.82) is 0 Å². The molecule has 0 aliphatic carbocycles. The van der Waals surface area contributed by atoms with Crippen LogP contribution in [0.4, 0.5) is 21.0 Å². The molecule has 0 fully saturated rings. The highest BCUT2D eigenvalue weighted by molar-refractivity contribution is 7.77. The fraction of sp³-hybridized carbons (Fsp3) is 0. The number of nitrogens with zero attached hydrogens (tertiary/aromatic N) is 3. The van der Waals surface area contributed by atoms with Crippen molar-refractivity contribution in [3.63, 3.8) is 0 Å². The Bertz CT molecular complexity index is 410. The zero-order valence-electron chi connectivity index (χ0n) is 6.27. The molecule has 1 aliphatic rings. The number of halogens is 5. The molecule has 0 spiro atoms. The molecule has 0 bridgehead atoms. The van der Waals surface area contributed by atoms with E-state index >= 15 is 0 Å². The van der Waals surface area contributed by atoms with E-state index in [0.717, 1.165) is 0 Å². The average molecular weight is 273 g/mol. The molecule has 1 heterocycles. The third-order valence-corrected chi connectivity index (χ3v) is 6.49. The van der Waals surface area contributed by atoms with Crippen LogP contribution in [-0.4, -0.2) is 0 Å². The van der Waals surface area contributed by atoms with Crippen molar-refractivity contribution in [2.45, 2.75) is 0 Å². The van der Waals surface area contributed by atoms with E-state index in [0.29, 0.717) is 6.26 Å². The van der Waals surface area contributed by atoms with Crippen LogP contribution in [0.15, 0.2) is 26.4 Å². The molecular weight excluding hydrogens is 270 g/mol. The summed E-state index contributed by atoms with van der Waals surface area (Å²) in [7, 11) is -16.3. The Hall–Kier alpha value is -0.120. The van der Waals surface area contributed by atoms with E-state index in [-0.39, 0.29) is 0 Å². The van der Waals surface area contributed by atoms with Gasteiger partial charge in [0.25, 0.3) is 0 Å². The summed E-state index contributed by atoms with van der Waals surface area (Å²) in [6.07, 6.45) is 0.409. The first-order chi connectivity index (χ1) is 6.18. The topological polar surface area (TPSA) is 46.3 Å². The Morgan fingerprint density at radius 2 is 1.43 bits per heavy atom. The number of hydrogen-bond donors (Lipinski definition) is 0. The molecule has 0 aromatic rings. The number of hydrogen-bond acceptors (Lipinski definition) is 4. The average Bonchev–Trinajstić information content (AvgIpc) is 1.75. The Morgan fingerprint density at radius 1 is 0.929 bits per heavy atom. The van der Waals surface area contributed by atoms with Crippen molar-refractivity contribution in [2.24, 2.45) is 13.5 Å². The summed E-state index contributed by atoms with van der Waals surface area (Å²) in [4.78, 5) is 0. The second-order valence-corrected chi connectivity index (χ2v) is 7.05. The standard InChI is InChI=1S/C2H3F5N3OP3/c1-2-11-14(7)9-12(3,4)8-13(5,6)10-14/h2H,1H2. The molecule has 82 valence electrons. The molecule has 1 unspecified atom stereocenters. The molecule has 12 heteroatoms. The summed E-state index contributed by atoms with van der Waals surface area (Å²) >= 11 is 0. The van der Waals surface area contributed by atoms with Crippen molar-refractivity contribution in [1.82, 2.24) is 0 Å². The Labute approximate surface area is 76.2 Å². The van der Waals surface area contributed by atoms with E-state index in [9.17, 15) is 21.0 Å². The zero-order chi connectivity index (χ0) is 11.0. The lowest BCUT2D eigenvalue weighted by Gasteiger charge is -2.14. The second kappa shape index (κ2) is 3.47. The van der Waals surface area contributed by atoms with Gasteiger partial charge in [0.1, 0.15) is 0 Å². The molecule has 0 saturated carbocycles. The van der Waals surface area contributed by atoms with Crippen LogP contribution < -0.4 is 0 Å². The first-order valence-electron chi connectivity index (χ1n) is 2.87. The van der Waals surface area contributed by atoms with Gasteiger partial charge in [-0.15, -0.1) is 34.5 Å². The van der Waals surface area contributed by atoms with Gasteiger partial charge in [-0.3, -0.25) is 0 Å². The highest BCUT2D eigenvalue weighted by Crippen LogP contribution is 2.81. The molecule has 0 amide bonds. The maximum Gasteiger partial charge on any atom is 0.441 e. The SMILES string of the molecule is C=COP1(F)=NP(F)(F)=NP(F)(F)=N1. The van der Waals surface area contributed by atoms with Crippen LogP contribution >= 0.6 is 23.4 Å². The maximum absolute atomic E-state index is 13.1. The molecule has 0 saturated heterocycles. The van der Waals surface area contributed by atoms with Crippen LogP contribution in [0, 0.1) is 0 Å². The fourth-order valence-electron chi connectivity index (χ4n) is 0.586. The zero-order valence-corrected chi connectivity index (χ0v) is 8.95. The number of rotatable bonds is 2. The summed E-state index contributed by atoms with van der Waals surface area (Å²) < 4.78 is 72.9. The lowest BCUT2D eigenvalue weighted by atomic mass is 11.2. The van der Waals surface area contributed by atoms with Crippen LogP contribution in [0.25, 0.3) is 0 Å². The van der Waals surface area contributed by atoms with Gasteiger partial charge in [0.05, 0.1) is 6.26 Å². The molecule has 1 atom stereocenters. The lowest BCUT2D eigenvalue weighted by Crippen LogP contribution is -1.76. The Kier molecular flexibility index (Phi) is 2.96. The summed E-state index contributed by atoms with van der Waals surface area (Å²) in [5, 5.41) is 0. The third-order valence-electron chi connectivity index (χ3n) is 0.860. The fourth-order valence-corrected chi connectivity index (χ4v) is 5.67. The van der Waals surface area contributed by atoms with Crippen LogP contribution in [0.2, 0.25) is 0 Å². The second-order valence-electron chi connectivity index (χ2n) is 1.92. The monoisotopic (exact) mass is 273 g/mol. The minimum absolute atomic E-state index is 0.409. The Morgan fingerprint density at radius 3 is 1.86 bits per heavy atom. The van der Waals surface area contributed by atoms with Gasteiger partial charge in [0.2, 0.25) is 0 Å². The molecule has 4 nitrogen and oxygen atoms in total. The molecular formula is C2H3F5N3OP3. The summed E-state index contributed by atoms with van der Waals surface area (Å²) in [6.45, 7) is 2.85. The highest BCUT2D eigenvalue weighted by atomic mass is 31.3. The van der Waals surface area contributed by atoms with E-state index in [2.05, 4.69) is 20.1 Å². The molecule has 0 aromatic carbocycles. The summed E-state index contributed by atoms with van der Waals surface area (Å²) in [5.41, 5.74) is 0. The van der Waals surface area contributed by atoms with Crippen molar-refractivity contribution < 1.29 is 25.5 Å². The minimum atomic E-state index is -5.65. The van der Waals surface area contributed by atoms with E-state index in [1.807, 2.05) is 4.52 Å². The molecule has 14 heavy (non-hydrogen) atoms. The normalized spacial score (nSPS) is 33.2. The van der Waals surface area contributed by atoms with Crippen molar-refractivity contribution in [2.75, 3.05) is 0 Å². The van der Waals surface area contributed by atoms with E-state index in [1.165, 1.54) is 0 Å². The van der Waals surface area contributed by atoms with E-state index in [1.54, 1.807) is 0 Å². The van der Waals surface area contributed by atoms with Crippen molar-refractivity contribution in [3.8, 4) is 0 Å². The van der Waals surface area contributed by atoms with Gasteiger partial charge < -0.3 is 4.52 Å².